The van der Waals surface area contributed by atoms with Crippen LogP contribution in [0.1, 0.15) is 43.5 Å². The van der Waals surface area contributed by atoms with Gasteiger partial charge in [-0.1, -0.05) is 19.1 Å². The molecule has 1 aliphatic rings. The Morgan fingerprint density at radius 1 is 1.32 bits per heavy atom. The molecule has 0 bridgehead atoms. The van der Waals surface area contributed by atoms with Gasteiger partial charge in [0, 0.05) is 25.1 Å². The minimum Gasteiger partial charge on any atom is -0.426 e. The monoisotopic (exact) mass is 303 g/mol. The van der Waals surface area contributed by atoms with Crippen LogP contribution in [0.15, 0.2) is 24.3 Å². The van der Waals surface area contributed by atoms with Crippen LogP contribution in [0.2, 0.25) is 0 Å². The molecule has 0 N–H and O–H groups in total. The number of ketones is 1. The average molecular weight is 303 g/mol. The summed E-state index contributed by atoms with van der Waals surface area (Å²) < 4.78 is 5.38. The molecule has 1 amide bonds. The number of amides is 1. The SMILES string of the molecule is CCC(=O)N1CCCC(C(=O)Oc2cccc(C(C)=O)c2)C1. The predicted molar refractivity (Wildman–Crippen MR) is 81.7 cm³/mol. The van der Waals surface area contributed by atoms with E-state index in [4.69, 9.17) is 4.74 Å². The maximum atomic E-state index is 12.3. The van der Waals surface area contributed by atoms with E-state index in [9.17, 15) is 14.4 Å². The van der Waals surface area contributed by atoms with Crippen LogP contribution in [0, 0.1) is 5.92 Å². The third-order valence-electron chi connectivity index (χ3n) is 3.87. The summed E-state index contributed by atoms with van der Waals surface area (Å²) in [5, 5.41) is 0. The lowest BCUT2D eigenvalue weighted by Crippen LogP contribution is -2.43. The maximum absolute atomic E-state index is 12.3. The van der Waals surface area contributed by atoms with E-state index in [1.807, 2.05) is 6.92 Å². The molecule has 1 aromatic carbocycles. The number of hydrogen-bond acceptors (Lipinski definition) is 4. The van der Waals surface area contributed by atoms with Gasteiger partial charge in [-0.3, -0.25) is 14.4 Å². The highest BCUT2D eigenvalue weighted by Gasteiger charge is 2.29. The number of Topliss-reactive ketones (excluding diaryl/α,β-unsaturated/α-hetero) is 1. The zero-order valence-electron chi connectivity index (χ0n) is 13.0. The summed E-state index contributed by atoms with van der Waals surface area (Å²) in [6, 6.07) is 6.59. The largest absolute Gasteiger partial charge is 0.426 e. The number of esters is 1. The number of benzene rings is 1. The summed E-state index contributed by atoms with van der Waals surface area (Å²) in [6.45, 7) is 4.40. The van der Waals surface area contributed by atoms with Crippen molar-refractivity contribution in [3.05, 3.63) is 29.8 Å². The molecular weight excluding hydrogens is 282 g/mol. The van der Waals surface area contributed by atoms with Crippen LogP contribution in [-0.2, 0) is 9.59 Å². The Bertz CT molecular complexity index is 582. The standard InChI is InChI=1S/C17H21NO4/c1-3-16(20)18-9-5-7-14(11-18)17(21)22-15-8-4-6-13(10-15)12(2)19/h4,6,8,10,14H,3,5,7,9,11H2,1-2H3. The highest BCUT2D eigenvalue weighted by atomic mass is 16.5. The second-order valence-corrected chi connectivity index (χ2v) is 5.54. The molecule has 1 aromatic rings. The predicted octanol–water partition coefficient (Wildman–Crippen LogP) is 2.44. The normalized spacial score (nSPS) is 17.9. The number of carbonyl (C=O) groups excluding carboxylic acids is 3. The fraction of sp³-hybridized carbons (Fsp3) is 0.471. The van der Waals surface area contributed by atoms with E-state index in [1.165, 1.54) is 6.92 Å². The van der Waals surface area contributed by atoms with Gasteiger partial charge in [0.1, 0.15) is 5.75 Å². The van der Waals surface area contributed by atoms with E-state index < -0.39 is 0 Å². The van der Waals surface area contributed by atoms with Gasteiger partial charge in [-0.05, 0) is 31.9 Å². The fourth-order valence-electron chi connectivity index (χ4n) is 2.60. The van der Waals surface area contributed by atoms with Crippen molar-refractivity contribution in [3.8, 4) is 5.75 Å². The minimum absolute atomic E-state index is 0.0658. The molecule has 5 nitrogen and oxygen atoms in total. The van der Waals surface area contributed by atoms with Gasteiger partial charge in [-0.2, -0.15) is 0 Å². The fourth-order valence-corrected chi connectivity index (χ4v) is 2.60. The summed E-state index contributed by atoms with van der Waals surface area (Å²) in [5.41, 5.74) is 0.511. The highest BCUT2D eigenvalue weighted by molar-refractivity contribution is 5.94. The average Bonchev–Trinajstić information content (AvgIpc) is 2.54. The molecule has 0 radical (unpaired) electrons. The van der Waals surface area contributed by atoms with Crippen molar-refractivity contribution in [2.45, 2.75) is 33.1 Å². The molecule has 0 saturated carbocycles. The van der Waals surface area contributed by atoms with E-state index in [1.54, 1.807) is 29.2 Å². The van der Waals surface area contributed by atoms with Gasteiger partial charge in [-0.25, -0.2) is 0 Å². The van der Waals surface area contributed by atoms with Crippen LogP contribution in [0.4, 0.5) is 0 Å². The van der Waals surface area contributed by atoms with E-state index in [2.05, 4.69) is 0 Å². The Hall–Kier alpha value is -2.17. The lowest BCUT2D eigenvalue weighted by atomic mass is 9.98. The lowest BCUT2D eigenvalue weighted by Gasteiger charge is -2.31. The van der Waals surface area contributed by atoms with Crippen LogP contribution >= 0.6 is 0 Å². The minimum atomic E-state index is -0.339. The van der Waals surface area contributed by atoms with Gasteiger partial charge in [-0.15, -0.1) is 0 Å². The van der Waals surface area contributed by atoms with Crippen LogP contribution < -0.4 is 4.74 Å². The van der Waals surface area contributed by atoms with Crippen molar-refractivity contribution in [2.24, 2.45) is 5.92 Å². The first-order valence-electron chi connectivity index (χ1n) is 7.61. The van der Waals surface area contributed by atoms with Crippen molar-refractivity contribution in [3.63, 3.8) is 0 Å². The van der Waals surface area contributed by atoms with Gasteiger partial charge in [0.15, 0.2) is 5.78 Å². The second kappa shape index (κ2) is 7.20. The number of carbonyl (C=O) groups is 3. The zero-order chi connectivity index (χ0) is 16.1. The molecule has 5 heteroatoms. The summed E-state index contributed by atoms with van der Waals surface area (Å²) in [5.74, 6) is -0.275. The summed E-state index contributed by atoms with van der Waals surface area (Å²) >= 11 is 0. The number of ether oxygens (including phenoxy) is 1. The molecule has 2 rings (SSSR count). The van der Waals surface area contributed by atoms with E-state index in [0.717, 1.165) is 12.8 Å². The van der Waals surface area contributed by atoms with Crippen LogP contribution in [0.25, 0.3) is 0 Å². The topological polar surface area (TPSA) is 63.7 Å². The van der Waals surface area contributed by atoms with Crippen LogP contribution in [0.5, 0.6) is 5.75 Å². The third kappa shape index (κ3) is 3.93. The summed E-state index contributed by atoms with van der Waals surface area (Å²) in [4.78, 5) is 37.1. The molecule has 1 atom stereocenters. The number of likely N-dealkylation sites (tertiary alicyclic amines) is 1. The van der Waals surface area contributed by atoms with E-state index >= 15 is 0 Å². The molecular formula is C17H21NO4. The molecule has 0 aromatic heterocycles. The molecule has 1 fully saturated rings. The van der Waals surface area contributed by atoms with Crippen molar-refractivity contribution in [1.82, 2.24) is 4.90 Å². The smallest absolute Gasteiger partial charge is 0.316 e. The van der Waals surface area contributed by atoms with Crippen LogP contribution in [-0.4, -0.2) is 35.6 Å². The number of nitrogens with zero attached hydrogens (tertiary/aromatic N) is 1. The molecule has 1 unspecified atom stereocenters. The highest BCUT2D eigenvalue weighted by Crippen LogP contribution is 2.21. The Morgan fingerprint density at radius 3 is 2.77 bits per heavy atom. The van der Waals surface area contributed by atoms with Crippen molar-refractivity contribution in [2.75, 3.05) is 13.1 Å². The first-order valence-corrected chi connectivity index (χ1v) is 7.61. The van der Waals surface area contributed by atoms with Gasteiger partial charge in [0.05, 0.1) is 5.92 Å². The van der Waals surface area contributed by atoms with Gasteiger partial charge < -0.3 is 9.64 Å². The third-order valence-corrected chi connectivity index (χ3v) is 3.87. The van der Waals surface area contributed by atoms with Crippen LogP contribution in [0.3, 0.4) is 0 Å². The van der Waals surface area contributed by atoms with Gasteiger partial charge in [0.2, 0.25) is 5.91 Å². The molecule has 1 aliphatic heterocycles. The Labute approximate surface area is 130 Å². The zero-order valence-corrected chi connectivity index (χ0v) is 13.0. The van der Waals surface area contributed by atoms with Crippen molar-refractivity contribution < 1.29 is 19.1 Å². The Morgan fingerprint density at radius 2 is 2.09 bits per heavy atom. The number of rotatable bonds is 4. The quantitative estimate of drug-likeness (QED) is 0.487. The molecule has 118 valence electrons. The maximum Gasteiger partial charge on any atom is 0.316 e. The second-order valence-electron chi connectivity index (χ2n) is 5.54. The molecule has 1 heterocycles. The lowest BCUT2D eigenvalue weighted by molar-refractivity contribution is -0.143. The van der Waals surface area contributed by atoms with Gasteiger partial charge in [0.25, 0.3) is 0 Å². The number of piperidine rings is 1. The van der Waals surface area contributed by atoms with E-state index in [-0.39, 0.29) is 23.6 Å². The first-order chi connectivity index (χ1) is 10.5. The molecule has 22 heavy (non-hydrogen) atoms. The van der Waals surface area contributed by atoms with E-state index in [0.29, 0.717) is 30.8 Å². The molecule has 0 aliphatic carbocycles. The summed E-state index contributed by atoms with van der Waals surface area (Å²) in [6.07, 6.45) is 1.97. The molecule has 0 spiro atoms. The Balaban J connectivity index is 2.01. The summed E-state index contributed by atoms with van der Waals surface area (Å²) in [7, 11) is 0. The van der Waals surface area contributed by atoms with Gasteiger partial charge >= 0.3 is 5.97 Å². The first kappa shape index (κ1) is 16.2. The molecule has 1 saturated heterocycles. The van der Waals surface area contributed by atoms with Crippen molar-refractivity contribution in [1.29, 1.82) is 0 Å². The van der Waals surface area contributed by atoms with Crippen molar-refractivity contribution >= 4 is 17.7 Å². The Kier molecular flexibility index (Phi) is 5.31. The number of hydrogen-bond donors (Lipinski definition) is 0.